The number of methoxy groups -OCH3 is 1. The molecule has 0 saturated carbocycles. The van der Waals surface area contributed by atoms with Gasteiger partial charge in [-0.15, -0.1) is 0 Å². The highest BCUT2D eigenvalue weighted by atomic mass is 35.5. The van der Waals surface area contributed by atoms with Gasteiger partial charge in [0.25, 0.3) is 0 Å². The smallest absolute Gasteiger partial charge is 0.328 e. The SMILES string of the molecule is COC(=O)[C@H](Cc1ccc(OCCNC(=O)CCc2ccccc2Cl)cc1)Nc1ccccc1C(=O)c1ccccc1. The van der Waals surface area contributed by atoms with Crippen LogP contribution in [0.3, 0.4) is 0 Å². The number of amides is 1. The van der Waals surface area contributed by atoms with Gasteiger partial charge in [-0.1, -0.05) is 84.4 Å². The standard InChI is InChI=1S/C34H33ClN2O5/c1-41-34(40)31(37-30-14-8-6-12-28(30)33(39)26-10-3-2-4-11-26)23-24-15-18-27(19-16-24)42-22-21-36-32(38)20-17-25-9-5-7-13-29(25)35/h2-16,18-19,31,37H,17,20-23H2,1H3,(H,36,38)/t31-/m0/s1. The van der Waals surface area contributed by atoms with Crippen LogP contribution in [-0.4, -0.2) is 44.0 Å². The van der Waals surface area contributed by atoms with Crippen LogP contribution in [0.2, 0.25) is 5.02 Å². The van der Waals surface area contributed by atoms with E-state index in [9.17, 15) is 14.4 Å². The van der Waals surface area contributed by atoms with Gasteiger partial charge in [-0.05, 0) is 47.9 Å². The molecule has 1 atom stereocenters. The number of para-hydroxylation sites is 1. The number of rotatable bonds is 14. The highest BCUT2D eigenvalue weighted by Gasteiger charge is 2.22. The Morgan fingerprint density at radius 3 is 2.26 bits per heavy atom. The summed E-state index contributed by atoms with van der Waals surface area (Å²) in [7, 11) is 1.34. The summed E-state index contributed by atoms with van der Waals surface area (Å²) >= 11 is 6.15. The van der Waals surface area contributed by atoms with E-state index in [2.05, 4.69) is 10.6 Å². The molecule has 0 spiro atoms. The van der Waals surface area contributed by atoms with Crippen molar-refractivity contribution in [1.29, 1.82) is 0 Å². The van der Waals surface area contributed by atoms with Crippen LogP contribution < -0.4 is 15.4 Å². The normalized spacial score (nSPS) is 11.3. The number of ketones is 1. The Kier molecular flexibility index (Phi) is 11.1. The van der Waals surface area contributed by atoms with Crippen LogP contribution in [0.25, 0.3) is 0 Å². The van der Waals surface area contributed by atoms with Gasteiger partial charge < -0.3 is 20.1 Å². The molecule has 0 bridgehead atoms. The van der Waals surface area contributed by atoms with E-state index in [0.717, 1.165) is 11.1 Å². The van der Waals surface area contributed by atoms with E-state index in [0.29, 0.717) is 60.0 Å². The van der Waals surface area contributed by atoms with Crippen molar-refractivity contribution in [2.45, 2.75) is 25.3 Å². The molecule has 0 aromatic heterocycles. The van der Waals surface area contributed by atoms with E-state index in [1.54, 1.807) is 30.3 Å². The molecule has 0 aliphatic carbocycles. The Morgan fingerprint density at radius 2 is 1.52 bits per heavy atom. The van der Waals surface area contributed by atoms with Crippen LogP contribution in [0.1, 0.15) is 33.5 Å². The number of hydrogen-bond donors (Lipinski definition) is 2. The summed E-state index contributed by atoms with van der Waals surface area (Å²) in [6.45, 7) is 0.689. The first kappa shape index (κ1) is 30.3. The lowest BCUT2D eigenvalue weighted by Gasteiger charge is -2.20. The molecule has 2 N–H and O–H groups in total. The minimum absolute atomic E-state index is 0.0674. The maximum atomic E-state index is 13.1. The van der Waals surface area contributed by atoms with E-state index < -0.39 is 12.0 Å². The van der Waals surface area contributed by atoms with Gasteiger partial charge in [0, 0.05) is 34.7 Å². The number of aryl methyl sites for hydroxylation is 1. The number of hydrogen-bond acceptors (Lipinski definition) is 6. The van der Waals surface area contributed by atoms with Crippen molar-refractivity contribution in [2.75, 3.05) is 25.6 Å². The molecule has 4 aromatic carbocycles. The lowest BCUT2D eigenvalue weighted by atomic mass is 10.00. The molecular weight excluding hydrogens is 552 g/mol. The Hall–Kier alpha value is -4.62. The third kappa shape index (κ3) is 8.69. The first-order valence-corrected chi connectivity index (χ1v) is 14.1. The van der Waals surface area contributed by atoms with Crippen molar-refractivity contribution in [3.05, 3.63) is 130 Å². The van der Waals surface area contributed by atoms with Crippen molar-refractivity contribution in [3.63, 3.8) is 0 Å². The molecule has 1 amide bonds. The van der Waals surface area contributed by atoms with E-state index >= 15 is 0 Å². The molecule has 0 aliphatic rings. The van der Waals surface area contributed by atoms with E-state index in [4.69, 9.17) is 21.1 Å². The average molecular weight is 585 g/mol. The predicted molar refractivity (Wildman–Crippen MR) is 164 cm³/mol. The Labute approximate surface area is 250 Å². The van der Waals surface area contributed by atoms with Crippen molar-refractivity contribution < 1.29 is 23.9 Å². The summed E-state index contributed by atoms with van der Waals surface area (Å²) < 4.78 is 10.8. The van der Waals surface area contributed by atoms with Gasteiger partial charge in [0.15, 0.2) is 5.78 Å². The van der Waals surface area contributed by atoms with Gasteiger partial charge in [0.1, 0.15) is 18.4 Å². The molecule has 0 fully saturated rings. The predicted octanol–water partition coefficient (Wildman–Crippen LogP) is 5.90. The third-order valence-corrected chi connectivity index (χ3v) is 7.03. The number of benzene rings is 4. The van der Waals surface area contributed by atoms with Crippen LogP contribution in [-0.2, 0) is 27.2 Å². The fourth-order valence-electron chi connectivity index (χ4n) is 4.43. The number of halogens is 1. The van der Waals surface area contributed by atoms with Gasteiger partial charge >= 0.3 is 5.97 Å². The second-order valence-electron chi connectivity index (χ2n) is 9.60. The number of carbonyl (C=O) groups excluding carboxylic acids is 3. The first-order valence-electron chi connectivity index (χ1n) is 13.7. The molecule has 42 heavy (non-hydrogen) atoms. The zero-order valence-corrected chi connectivity index (χ0v) is 24.1. The van der Waals surface area contributed by atoms with Gasteiger partial charge in [-0.2, -0.15) is 0 Å². The molecule has 0 heterocycles. The van der Waals surface area contributed by atoms with Gasteiger partial charge in [0.05, 0.1) is 13.7 Å². The summed E-state index contributed by atoms with van der Waals surface area (Å²) in [4.78, 5) is 38.0. The van der Waals surface area contributed by atoms with Crippen LogP contribution in [0.4, 0.5) is 5.69 Å². The number of esters is 1. The second kappa shape index (κ2) is 15.4. The highest BCUT2D eigenvalue weighted by molar-refractivity contribution is 6.31. The summed E-state index contributed by atoms with van der Waals surface area (Å²) in [5.41, 5.74) is 3.41. The minimum Gasteiger partial charge on any atom is -0.492 e. The number of ether oxygens (including phenoxy) is 2. The molecule has 0 aliphatic heterocycles. The zero-order valence-electron chi connectivity index (χ0n) is 23.3. The van der Waals surface area contributed by atoms with Crippen molar-refractivity contribution in [1.82, 2.24) is 5.32 Å². The summed E-state index contributed by atoms with van der Waals surface area (Å²) in [5, 5.41) is 6.73. The minimum atomic E-state index is -0.715. The van der Waals surface area contributed by atoms with Crippen LogP contribution in [0.5, 0.6) is 5.75 Å². The molecular formula is C34H33ClN2O5. The summed E-state index contributed by atoms with van der Waals surface area (Å²) in [6.07, 6.45) is 1.26. The van der Waals surface area contributed by atoms with Crippen molar-refractivity contribution in [3.8, 4) is 5.75 Å². The van der Waals surface area contributed by atoms with E-state index in [1.807, 2.05) is 72.8 Å². The van der Waals surface area contributed by atoms with Crippen LogP contribution >= 0.6 is 11.6 Å². The van der Waals surface area contributed by atoms with Gasteiger partial charge in [0.2, 0.25) is 5.91 Å². The quantitative estimate of drug-likeness (QED) is 0.109. The van der Waals surface area contributed by atoms with Gasteiger partial charge in [-0.3, -0.25) is 9.59 Å². The zero-order chi connectivity index (χ0) is 29.7. The highest BCUT2D eigenvalue weighted by Crippen LogP contribution is 2.22. The molecule has 4 aromatic rings. The van der Waals surface area contributed by atoms with E-state index in [1.165, 1.54) is 7.11 Å². The lowest BCUT2D eigenvalue weighted by molar-refractivity contribution is -0.141. The Morgan fingerprint density at radius 1 is 0.833 bits per heavy atom. The van der Waals surface area contributed by atoms with Crippen molar-refractivity contribution in [2.24, 2.45) is 0 Å². The summed E-state index contributed by atoms with van der Waals surface area (Å²) in [5.74, 6) is -0.00382. The maximum Gasteiger partial charge on any atom is 0.328 e. The molecule has 8 heteroatoms. The third-order valence-electron chi connectivity index (χ3n) is 6.66. The lowest BCUT2D eigenvalue weighted by Crippen LogP contribution is -2.33. The van der Waals surface area contributed by atoms with Gasteiger partial charge in [-0.25, -0.2) is 4.79 Å². The monoisotopic (exact) mass is 584 g/mol. The molecule has 7 nitrogen and oxygen atoms in total. The molecule has 0 unspecified atom stereocenters. The molecule has 0 radical (unpaired) electrons. The fourth-order valence-corrected chi connectivity index (χ4v) is 4.66. The van der Waals surface area contributed by atoms with E-state index in [-0.39, 0.29) is 11.7 Å². The average Bonchev–Trinajstić information content (AvgIpc) is 3.03. The van der Waals surface area contributed by atoms with Crippen molar-refractivity contribution >= 4 is 34.9 Å². The molecule has 216 valence electrons. The fraction of sp³-hybridized carbons (Fsp3) is 0.206. The summed E-state index contributed by atoms with van der Waals surface area (Å²) in [6, 6.07) is 30.3. The van der Waals surface area contributed by atoms with Crippen LogP contribution in [0, 0.1) is 0 Å². The largest absolute Gasteiger partial charge is 0.492 e. The number of anilines is 1. The molecule has 0 saturated heterocycles. The molecule has 4 rings (SSSR count). The first-order chi connectivity index (χ1) is 20.4. The second-order valence-corrected chi connectivity index (χ2v) is 10.0. The number of nitrogens with one attached hydrogen (secondary N) is 2. The Balaban J connectivity index is 1.29. The Bertz CT molecular complexity index is 1490. The van der Waals surface area contributed by atoms with Crippen LogP contribution in [0.15, 0.2) is 103 Å². The topological polar surface area (TPSA) is 93.7 Å². The maximum absolute atomic E-state index is 13.1. The number of carbonyl (C=O) groups is 3.